The highest BCUT2D eigenvalue weighted by molar-refractivity contribution is 6.38. The van der Waals surface area contributed by atoms with Gasteiger partial charge in [0.05, 0.1) is 21.8 Å². The Labute approximate surface area is 190 Å². The number of benzene rings is 2. The van der Waals surface area contributed by atoms with Gasteiger partial charge in [-0.2, -0.15) is 5.10 Å². The van der Waals surface area contributed by atoms with E-state index < -0.39 is 5.60 Å². The first-order valence-electron chi connectivity index (χ1n) is 10.5. The number of halogens is 2. The zero-order valence-electron chi connectivity index (χ0n) is 17.2. The van der Waals surface area contributed by atoms with Crippen molar-refractivity contribution in [3.05, 3.63) is 63.3 Å². The number of H-pyrrole nitrogens is 1. The number of fused-ring (bicyclic) bond motifs is 2. The van der Waals surface area contributed by atoms with Crippen LogP contribution >= 0.6 is 23.2 Å². The van der Waals surface area contributed by atoms with Crippen LogP contribution in [-0.2, 0) is 5.60 Å². The van der Waals surface area contributed by atoms with Crippen molar-refractivity contribution in [2.75, 3.05) is 26.2 Å². The van der Waals surface area contributed by atoms with E-state index in [4.69, 9.17) is 23.2 Å². The van der Waals surface area contributed by atoms with E-state index in [-0.39, 0.29) is 11.9 Å². The molecule has 2 N–H and O–H groups in total. The second-order valence-electron chi connectivity index (χ2n) is 8.61. The number of carbonyl (C=O) groups is 1. The molecule has 0 radical (unpaired) electrons. The normalized spacial score (nSPS) is 24.4. The van der Waals surface area contributed by atoms with E-state index in [9.17, 15) is 9.90 Å². The zero-order valence-corrected chi connectivity index (χ0v) is 18.7. The van der Waals surface area contributed by atoms with Gasteiger partial charge in [-0.3, -0.25) is 14.8 Å². The lowest BCUT2D eigenvalue weighted by atomic mass is 9.82. The predicted octanol–water partition coefficient (Wildman–Crippen LogP) is 3.99. The average molecular weight is 459 g/mol. The van der Waals surface area contributed by atoms with Gasteiger partial charge in [0, 0.05) is 42.6 Å². The molecule has 2 aliphatic rings. The number of carbonyl (C=O) groups excluding carboxylic acids is 1. The van der Waals surface area contributed by atoms with E-state index >= 15 is 0 Å². The highest BCUT2D eigenvalue weighted by Gasteiger charge is 2.42. The Balaban J connectivity index is 1.32. The third-order valence-electron chi connectivity index (χ3n) is 6.71. The van der Waals surface area contributed by atoms with Gasteiger partial charge in [0.2, 0.25) is 0 Å². The molecule has 8 heteroatoms. The van der Waals surface area contributed by atoms with Crippen molar-refractivity contribution in [2.24, 2.45) is 0 Å². The lowest BCUT2D eigenvalue weighted by Gasteiger charge is -2.49. The number of piperazine rings is 1. The van der Waals surface area contributed by atoms with Crippen LogP contribution in [0.2, 0.25) is 10.0 Å². The fraction of sp³-hybridized carbons (Fsp3) is 0.391. The SMILES string of the molecule is Cc1n[nH]c2ccc(C(=O)N3CCN4C[C@@](O)(c5ccc(Cl)cc5)CC[C@@H]4C3)c(Cl)c12. The Hall–Kier alpha value is -2.12. The molecule has 162 valence electrons. The topological polar surface area (TPSA) is 72.5 Å². The maximum atomic E-state index is 13.3. The first-order valence-corrected chi connectivity index (χ1v) is 11.3. The Bertz CT molecular complexity index is 1150. The van der Waals surface area contributed by atoms with Gasteiger partial charge in [0.15, 0.2) is 0 Å². The van der Waals surface area contributed by atoms with Gasteiger partial charge in [-0.15, -0.1) is 0 Å². The lowest BCUT2D eigenvalue weighted by molar-refractivity contribution is -0.0740. The summed E-state index contributed by atoms with van der Waals surface area (Å²) in [4.78, 5) is 17.5. The lowest BCUT2D eigenvalue weighted by Crippen LogP contribution is -2.60. The molecule has 6 nitrogen and oxygen atoms in total. The van der Waals surface area contributed by atoms with Crippen LogP contribution in [0.15, 0.2) is 36.4 Å². The number of piperidine rings is 1. The summed E-state index contributed by atoms with van der Waals surface area (Å²) in [6.45, 7) is 4.39. The van der Waals surface area contributed by atoms with Crippen LogP contribution in [0.5, 0.6) is 0 Å². The molecular weight excluding hydrogens is 435 g/mol. The number of amides is 1. The molecule has 31 heavy (non-hydrogen) atoms. The molecule has 2 atom stereocenters. The molecule has 0 unspecified atom stereocenters. The van der Waals surface area contributed by atoms with Gasteiger partial charge in [-0.05, 0) is 49.6 Å². The second kappa shape index (κ2) is 7.78. The minimum Gasteiger partial charge on any atom is -0.384 e. The van der Waals surface area contributed by atoms with Crippen LogP contribution in [0.3, 0.4) is 0 Å². The van der Waals surface area contributed by atoms with Crippen LogP contribution in [0.4, 0.5) is 0 Å². The average Bonchev–Trinajstić information content (AvgIpc) is 3.15. The zero-order chi connectivity index (χ0) is 21.8. The summed E-state index contributed by atoms with van der Waals surface area (Å²) in [5, 5.41) is 20.3. The highest BCUT2D eigenvalue weighted by Crippen LogP contribution is 2.36. The van der Waals surface area contributed by atoms with Crippen LogP contribution in [0.1, 0.15) is 34.5 Å². The highest BCUT2D eigenvalue weighted by atomic mass is 35.5. The molecule has 2 saturated heterocycles. The Morgan fingerprint density at radius 1 is 1.19 bits per heavy atom. The van der Waals surface area contributed by atoms with Crippen molar-refractivity contribution in [1.82, 2.24) is 20.0 Å². The number of aromatic nitrogens is 2. The van der Waals surface area contributed by atoms with Gasteiger partial charge < -0.3 is 10.0 Å². The maximum Gasteiger partial charge on any atom is 0.255 e. The number of nitrogens with zero attached hydrogens (tertiary/aromatic N) is 3. The molecular formula is C23H24Cl2N4O2. The second-order valence-corrected chi connectivity index (χ2v) is 9.43. The monoisotopic (exact) mass is 458 g/mol. The van der Waals surface area contributed by atoms with Crippen molar-refractivity contribution in [3.8, 4) is 0 Å². The molecule has 2 aromatic carbocycles. The van der Waals surface area contributed by atoms with Crippen molar-refractivity contribution in [1.29, 1.82) is 0 Å². The first kappa shape index (κ1) is 20.8. The van der Waals surface area contributed by atoms with E-state index in [0.29, 0.717) is 41.7 Å². The van der Waals surface area contributed by atoms with Gasteiger partial charge >= 0.3 is 0 Å². The quantitative estimate of drug-likeness (QED) is 0.608. The third-order valence-corrected chi connectivity index (χ3v) is 7.35. The number of aryl methyl sites for hydroxylation is 1. The van der Waals surface area contributed by atoms with Gasteiger partial charge in [0.25, 0.3) is 5.91 Å². The number of nitrogens with one attached hydrogen (secondary N) is 1. The maximum absolute atomic E-state index is 13.3. The van der Waals surface area contributed by atoms with Crippen LogP contribution in [0.25, 0.3) is 10.9 Å². The van der Waals surface area contributed by atoms with E-state index in [1.54, 1.807) is 6.07 Å². The van der Waals surface area contributed by atoms with Crippen molar-refractivity contribution in [3.63, 3.8) is 0 Å². The van der Waals surface area contributed by atoms with E-state index in [0.717, 1.165) is 35.1 Å². The number of aromatic amines is 1. The summed E-state index contributed by atoms with van der Waals surface area (Å²) in [5.41, 5.74) is 2.14. The van der Waals surface area contributed by atoms with Gasteiger partial charge in [0.1, 0.15) is 5.60 Å². The van der Waals surface area contributed by atoms with Crippen LogP contribution < -0.4 is 0 Å². The summed E-state index contributed by atoms with van der Waals surface area (Å²) in [7, 11) is 0. The molecule has 2 aliphatic heterocycles. The molecule has 3 aromatic rings. The molecule has 5 rings (SSSR count). The van der Waals surface area contributed by atoms with Gasteiger partial charge in [-0.1, -0.05) is 35.3 Å². The number of hydrogen-bond donors (Lipinski definition) is 2. The van der Waals surface area contributed by atoms with E-state index in [1.165, 1.54) is 0 Å². The van der Waals surface area contributed by atoms with Crippen LogP contribution in [0, 0.1) is 6.92 Å². The molecule has 0 bridgehead atoms. The summed E-state index contributed by atoms with van der Waals surface area (Å²) in [5.74, 6) is -0.0503. The van der Waals surface area contributed by atoms with Crippen LogP contribution in [-0.4, -0.2) is 63.2 Å². The minimum absolute atomic E-state index is 0.0503. The predicted molar refractivity (Wildman–Crippen MR) is 122 cm³/mol. The Kier molecular flexibility index (Phi) is 5.21. The standard InChI is InChI=1S/C23H24Cl2N4O2/c1-14-20-19(27-26-14)7-6-18(21(20)25)22(30)28-10-11-29-13-23(31,9-8-17(29)12-28)15-2-4-16(24)5-3-15/h2-7,17,31H,8-13H2,1H3,(H,26,27)/t17-,23-/m1/s1. The summed E-state index contributed by atoms with van der Waals surface area (Å²) in [6, 6.07) is 11.3. The smallest absolute Gasteiger partial charge is 0.255 e. The van der Waals surface area contributed by atoms with Crippen molar-refractivity contribution < 1.29 is 9.90 Å². The van der Waals surface area contributed by atoms with Gasteiger partial charge in [-0.25, -0.2) is 0 Å². The first-order chi connectivity index (χ1) is 14.9. The van der Waals surface area contributed by atoms with Crippen molar-refractivity contribution >= 4 is 40.0 Å². The summed E-state index contributed by atoms with van der Waals surface area (Å²) in [6.07, 6.45) is 1.47. The fourth-order valence-electron chi connectivity index (χ4n) is 4.93. The number of hydrogen-bond acceptors (Lipinski definition) is 4. The molecule has 2 fully saturated rings. The van der Waals surface area contributed by atoms with E-state index in [1.807, 2.05) is 42.2 Å². The molecule has 1 amide bonds. The minimum atomic E-state index is -0.888. The van der Waals surface area contributed by atoms with E-state index in [2.05, 4.69) is 15.1 Å². The molecule has 0 aliphatic carbocycles. The summed E-state index contributed by atoms with van der Waals surface area (Å²) < 4.78 is 0. The number of rotatable bonds is 2. The third kappa shape index (κ3) is 3.61. The number of aliphatic hydroxyl groups is 1. The largest absolute Gasteiger partial charge is 0.384 e. The Morgan fingerprint density at radius 3 is 2.74 bits per heavy atom. The molecule has 0 spiro atoms. The molecule has 3 heterocycles. The van der Waals surface area contributed by atoms with Crippen molar-refractivity contribution in [2.45, 2.75) is 31.4 Å². The summed E-state index contributed by atoms with van der Waals surface area (Å²) >= 11 is 12.6. The fourth-order valence-corrected chi connectivity index (χ4v) is 5.44. The molecule has 1 aromatic heterocycles. The Morgan fingerprint density at radius 2 is 1.97 bits per heavy atom. The molecule has 0 saturated carbocycles.